The molecule has 0 saturated carbocycles. The van der Waals surface area contributed by atoms with Crippen LogP contribution in [0.1, 0.15) is 33.3 Å². The molecule has 1 atom stereocenters. The van der Waals surface area contributed by atoms with Crippen molar-refractivity contribution in [2.75, 3.05) is 19.6 Å². The molecule has 0 spiro atoms. The zero-order chi connectivity index (χ0) is 17.1. The van der Waals surface area contributed by atoms with Crippen molar-refractivity contribution < 1.29 is 4.79 Å². The third-order valence-electron chi connectivity index (χ3n) is 3.67. The molecule has 1 aromatic rings. The van der Waals surface area contributed by atoms with Crippen molar-refractivity contribution in [3.8, 4) is 0 Å². The number of carbonyl (C=O) groups is 1. The van der Waals surface area contributed by atoms with Gasteiger partial charge in [-0.05, 0) is 31.7 Å². The van der Waals surface area contributed by atoms with Gasteiger partial charge in [0.1, 0.15) is 6.54 Å². The lowest BCUT2D eigenvalue weighted by Gasteiger charge is -2.20. The first-order valence-corrected chi connectivity index (χ1v) is 8.38. The zero-order valence-corrected chi connectivity index (χ0v) is 17.5. The van der Waals surface area contributed by atoms with E-state index in [1.54, 1.807) is 0 Å². The van der Waals surface area contributed by atoms with Gasteiger partial charge in [0.15, 0.2) is 5.96 Å². The predicted molar refractivity (Wildman–Crippen MR) is 112 cm³/mol. The van der Waals surface area contributed by atoms with Gasteiger partial charge < -0.3 is 16.0 Å². The Hall–Kier alpha value is -1.31. The second-order valence-corrected chi connectivity index (χ2v) is 5.96. The maximum atomic E-state index is 11.9. The molecule has 0 fully saturated rings. The fourth-order valence-corrected chi connectivity index (χ4v) is 1.90. The summed E-state index contributed by atoms with van der Waals surface area (Å²) in [5, 5.41) is 9.38. The Bertz CT molecular complexity index is 491. The van der Waals surface area contributed by atoms with E-state index in [4.69, 9.17) is 0 Å². The summed E-state index contributed by atoms with van der Waals surface area (Å²) in [6.45, 7) is 9.95. The molecule has 0 aromatic heterocycles. The average molecular weight is 446 g/mol. The fourth-order valence-electron chi connectivity index (χ4n) is 1.90. The van der Waals surface area contributed by atoms with Crippen LogP contribution in [-0.2, 0) is 11.2 Å². The minimum Gasteiger partial charge on any atom is -0.357 e. The molecule has 0 saturated heterocycles. The first-order valence-electron chi connectivity index (χ1n) is 8.38. The van der Waals surface area contributed by atoms with Crippen molar-refractivity contribution in [2.45, 2.75) is 40.2 Å². The van der Waals surface area contributed by atoms with Crippen molar-refractivity contribution in [2.24, 2.45) is 10.9 Å². The van der Waals surface area contributed by atoms with Crippen molar-refractivity contribution in [1.29, 1.82) is 0 Å². The van der Waals surface area contributed by atoms with E-state index in [0.29, 0.717) is 24.5 Å². The van der Waals surface area contributed by atoms with E-state index in [0.717, 1.165) is 13.0 Å². The van der Waals surface area contributed by atoms with E-state index in [1.165, 1.54) is 5.56 Å². The summed E-state index contributed by atoms with van der Waals surface area (Å²) in [5.74, 6) is 1.13. The second-order valence-electron chi connectivity index (χ2n) is 5.96. The highest BCUT2D eigenvalue weighted by molar-refractivity contribution is 14.0. The predicted octanol–water partition coefficient (Wildman–Crippen LogP) is 2.56. The minimum absolute atomic E-state index is 0. The quantitative estimate of drug-likeness (QED) is 0.327. The van der Waals surface area contributed by atoms with Crippen molar-refractivity contribution in [3.63, 3.8) is 0 Å². The summed E-state index contributed by atoms with van der Waals surface area (Å²) in [5.41, 5.74) is 1.22. The fraction of sp³-hybridized carbons (Fsp3) is 0.556. The van der Waals surface area contributed by atoms with Crippen LogP contribution in [0.4, 0.5) is 0 Å². The largest absolute Gasteiger partial charge is 0.357 e. The number of halogens is 1. The maximum absolute atomic E-state index is 11.9. The van der Waals surface area contributed by atoms with E-state index in [9.17, 15) is 4.79 Å². The van der Waals surface area contributed by atoms with Crippen LogP contribution in [-0.4, -0.2) is 37.5 Å². The van der Waals surface area contributed by atoms with Crippen molar-refractivity contribution >= 4 is 35.8 Å². The van der Waals surface area contributed by atoms with Gasteiger partial charge >= 0.3 is 0 Å². The topological polar surface area (TPSA) is 65.5 Å². The summed E-state index contributed by atoms with van der Waals surface area (Å²) in [4.78, 5) is 16.2. The molecule has 1 rings (SSSR count). The number of rotatable bonds is 8. The SMILES string of the molecule is CCNC(=NCC(=O)NCCc1ccccc1)NC(C)C(C)C.I. The summed E-state index contributed by atoms with van der Waals surface area (Å²) < 4.78 is 0. The van der Waals surface area contributed by atoms with Crippen LogP contribution in [0.2, 0.25) is 0 Å². The van der Waals surface area contributed by atoms with Crippen LogP contribution >= 0.6 is 24.0 Å². The van der Waals surface area contributed by atoms with Gasteiger partial charge in [-0.2, -0.15) is 0 Å². The van der Waals surface area contributed by atoms with Gasteiger partial charge in [-0.15, -0.1) is 24.0 Å². The molecule has 136 valence electrons. The highest BCUT2D eigenvalue weighted by Crippen LogP contribution is 1.99. The average Bonchev–Trinajstić information content (AvgIpc) is 2.53. The third kappa shape index (κ3) is 9.75. The van der Waals surface area contributed by atoms with Crippen LogP contribution in [0.3, 0.4) is 0 Å². The molecule has 5 nitrogen and oxygen atoms in total. The number of hydrogen-bond acceptors (Lipinski definition) is 2. The Labute approximate surface area is 163 Å². The van der Waals surface area contributed by atoms with Gasteiger partial charge in [0, 0.05) is 19.1 Å². The summed E-state index contributed by atoms with van der Waals surface area (Å²) in [6, 6.07) is 10.4. The summed E-state index contributed by atoms with van der Waals surface area (Å²) in [6.07, 6.45) is 0.832. The first kappa shape index (κ1) is 22.7. The standard InChI is InChI=1S/C18H30N4O.HI/c1-5-19-18(22-15(4)14(2)3)21-13-17(23)20-12-11-16-9-7-6-8-10-16;/h6-10,14-15H,5,11-13H2,1-4H3,(H,20,23)(H2,19,21,22);1H. The highest BCUT2D eigenvalue weighted by atomic mass is 127. The lowest BCUT2D eigenvalue weighted by molar-refractivity contribution is -0.119. The van der Waals surface area contributed by atoms with E-state index in [-0.39, 0.29) is 36.4 Å². The van der Waals surface area contributed by atoms with E-state index in [1.807, 2.05) is 25.1 Å². The molecule has 1 aromatic carbocycles. The molecular formula is C18H31IN4O. The molecule has 0 heterocycles. The Morgan fingerprint density at radius 1 is 1.12 bits per heavy atom. The van der Waals surface area contributed by atoms with Crippen LogP contribution in [0.5, 0.6) is 0 Å². The maximum Gasteiger partial charge on any atom is 0.241 e. The lowest BCUT2D eigenvalue weighted by Crippen LogP contribution is -2.44. The second kappa shape index (κ2) is 13.0. The Kier molecular flexibility index (Phi) is 12.3. The molecule has 0 aliphatic carbocycles. The Morgan fingerprint density at radius 2 is 1.79 bits per heavy atom. The first-order chi connectivity index (χ1) is 11.0. The zero-order valence-electron chi connectivity index (χ0n) is 15.1. The normalized spacial score (nSPS) is 12.3. The number of aliphatic imine (C=N–C) groups is 1. The molecule has 24 heavy (non-hydrogen) atoms. The van der Waals surface area contributed by atoms with Crippen molar-refractivity contribution in [1.82, 2.24) is 16.0 Å². The van der Waals surface area contributed by atoms with Crippen molar-refractivity contribution in [3.05, 3.63) is 35.9 Å². The number of guanidine groups is 1. The van der Waals surface area contributed by atoms with Gasteiger partial charge in [-0.1, -0.05) is 44.2 Å². The molecule has 1 unspecified atom stereocenters. The van der Waals surface area contributed by atoms with Gasteiger partial charge in [0.25, 0.3) is 0 Å². The number of amides is 1. The Morgan fingerprint density at radius 3 is 2.38 bits per heavy atom. The molecule has 0 aliphatic heterocycles. The number of nitrogens with one attached hydrogen (secondary N) is 3. The summed E-state index contributed by atoms with van der Waals surface area (Å²) in [7, 11) is 0. The molecule has 3 N–H and O–H groups in total. The number of hydrogen-bond donors (Lipinski definition) is 3. The lowest BCUT2D eigenvalue weighted by atomic mass is 10.1. The van der Waals surface area contributed by atoms with Gasteiger partial charge in [-0.25, -0.2) is 4.99 Å². The number of benzene rings is 1. The highest BCUT2D eigenvalue weighted by Gasteiger charge is 2.09. The van der Waals surface area contributed by atoms with Crippen LogP contribution < -0.4 is 16.0 Å². The van der Waals surface area contributed by atoms with Gasteiger partial charge in [-0.3, -0.25) is 4.79 Å². The van der Waals surface area contributed by atoms with E-state index in [2.05, 4.69) is 53.8 Å². The minimum atomic E-state index is -0.0599. The molecule has 0 aliphatic rings. The molecule has 1 amide bonds. The number of carbonyl (C=O) groups excluding carboxylic acids is 1. The van der Waals surface area contributed by atoms with E-state index < -0.39 is 0 Å². The van der Waals surface area contributed by atoms with Crippen LogP contribution in [0.25, 0.3) is 0 Å². The monoisotopic (exact) mass is 446 g/mol. The third-order valence-corrected chi connectivity index (χ3v) is 3.67. The molecule has 0 radical (unpaired) electrons. The van der Waals surface area contributed by atoms with E-state index >= 15 is 0 Å². The molecular weight excluding hydrogens is 415 g/mol. The molecule has 6 heteroatoms. The van der Waals surface area contributed by atoms with Crippen LogP contribution in [0.15, 0.2) is 35.3 Å². The summed E-state index contributed by atoms with van der Waals surface area (Å²) >= 11 is 0. The van der Waals surface area contributed by atoms with Gasteiger partial charge in [0.05, 0.1) is 0 Å². The number of nitrogens with zero attached hydrogens (tertiary/aromatic N) is 1. The van der Waals surface area contributed by atoms with Crippen LogP contribution in [0, 0.1) is 5.92 Å². The Balaban J connectivity index is 0.00000529. The molecule has 0 bridgehead atoms. The van der Waals surface area contributed by atoms with Gasteiger partial charge in [0.2, 0.25) is 5.91 Å². The smallest absolute Gasteiger partial charge is 0.241 e.